The molecule has 114 valence electrons. The molecule has 2 aromatic rings. The number of amides is 1. The van der Waals surface area contributed by atoms with E-state index in [2.05, 4.69) is 10.3 Å². The molecule has 5 heteroatoms. The molecule has 1 atom stereocenters. The fraction of sp³-hybridized carbons (Fsp3) is 0.294. The van der Waals surface area contributed by atoms with Crippen molar-refractivity contribution in [2.75, 3.05) is 6.54 Å². The fourth-order valence-corrected chi connectivity index (χ4v) is 2.96. The van der Waals surface area contributed by atoms with Gasteiger partial charge in [0.1, 0.15) is 5.60 Å². The summed E-state index contributed by atoms with van der Waals surface area (Å²) in [6, 6.07) is 9.01. The zero-order chi connectivity index (χ0) is 15.6. The average molecular weight is 300 g/mol. The lowest BCUT2D eigenvalue weighted by Gasteiger charge is -2.34. The van der Waals surface area contributed by atoms with E-state index in [1.807, 2.05) is 24.3 Å². The number of rotatable bonds is 3. The molecule has 1 aromatic heterocycles. The summed E-state index contributed by atoms with van der Waals surface area (Å²) in [5, 5.41) is 13.5. The highest BCUT2D eigenvalue weighted by Crippen LogP contribution is 2.34. The van der Waals surface area contributed by atoms with Crippen LogP contribution < -0.4 is 5.32 Å². The monoisotopic (exact) mass is 300 g/mol. The van der Waals surface area contributed by atoms with Crippen LogP contribution in [0.3, 0.4) is 0 Å². The minimum atomic E-state index is -1.10. The van der Waals surface area contributed by atoms with Crippen molar-refractivity contribution in [3.63, 3.8) is 0 Å². The maximum Gasteiger partial charge on any atom is 0.254 e. The van der Waals surface area contributed by atoms with Crippen molar-refractivity contribution < 1.29 is 14.3 Å². The molecule has 0 fully saturated rings. The van der Waals surface area contributed by atoms with Crippen molar-refractivity contribution in [2.24, 2.45) is 0 Å². The third kappa shape index (κ3) is 2.72. The standard InChI is InChI=1S/C17H17FN2O2/c18-15-10-19-9-7-13(15)16(21)20-11-17(22)8-3-5-12-4-1-2-6-14(12)17/h1-2,4,6-7,9-10,22H,3,5,8,11H2,(H,20,21). The number of carbonyl (C=O) groups is 1. The van der Waals surface area contributed by atoms with E-state index in [-0.39, 0.29) is 12.1 Å². The Kier molecular flexibility index (Phi) is 3.90. The van der Waals surface area contributed by atoms with Crippen molar-refractivity contribution in [3.05, 3.63) is 65.2 Å². The number of pyridine rings is 1. The Morgan fingerprint density at radius 2 is 2.18 bits per heavy atom. The van der Waals surface area contributed by atoms with Gasteiger partial charge >= 0.3 is 0 Å². The Hall–Kier alpha value is -2.27. The van der Waals surface area contributed by atoms with Crippen LogP contribution in [0.2, 0.25) is 0 Å². The number of nitrogens with one attached hydrogen (secondary N) is 1. The summed E-state index contributed by atoms with van der Waals surface area (Å²) in [6.07, 6.45) is 4.71. The maximum absolute atomic E-state index is 13.6. The van der Waals surface area contributed by atoms with Crippen LogP contribution in [0.5, 0.6) is 0 Å². The second-order valence-electron chi connectivity index (χ2n) is 5.58. The molecule has 1 amide bonds. The lowest BCUT2D eigenvalue weighted by atomic mass is 9.79. The predicted octanol–water partition coefficient (Wildman–Crippen LogP) is 2.17. The zero-order valence-corrected chi connectivity index (χ0v) is 12.1. The van der Waals surface area contributed by atoms with Gasteiger partial charge in [-0.2, -0.15) is 0 Å². The molecule has 3 rings (SSSR count). The fourth-order valence-electron chi connectivity index (χ4n) is 2.96. The Morgan fingerprint density at radius 3 is 3.00 bits per heavy atom. The molecule has 1 aliphatic carbocycles. The SMILES string of the molecule is O=C(NCC1(O)CCCc2ccccc21)c1ccncc1F. The molecule has 1 aliphatic rings. The van der Waals surface area contributed by atoms with Crippen LogP contribution in [0.1, 0.15) is 34.3 Å². The van der Waals surface area contributed by atoms with Crippen LogP contribution in [0, 0.1) is 5.82 Å². The highest BCUT2D eigenvalue weighted by Gasteiger charge is 2.34. The van der Waals surface area contributed by atoms with E-state index >= 15 is 0 Å². The number of hydrogen-bond donors (Lipinski definition) is 2. The number of hydrogen-bond acceptors (Lipinski definition) is 3. The molecule has 22 heavy (non-hydrogen) atoms. The first-order valence-electron chi connectivity index (χ1n) is 7.29. The number of aromatic nitrogens is 1. The molecule has 0 bridgehead atoms. The Balaban J connectivity index is 1.77. The highest BCUT2D eigenvalue weighted by atomic mass is 19.1. The van der Waals surface area contributed by atoms with E-state index in [1.165, 1.54) is 12.3 Å². The molecule has 0 aliphatic heterocycles. The highest BCUT2D eigenvalue weighted by molar-refractivity contribution is 5.94. The first-order chi connectivity index (χ1) is 10.6. The van der Waals surface area contributed by atoms with Crippen LogP contribution in [-0.2, 0) is 12.0 Å². The van der Waals surface area contributed by atoms with E-state index < -0.39 is 17.3 Å². The van der Waals surface area contributed by atoms with Crippen molar-refractivity contribution in [3.8, 4) is 0 Å². The molecule has 0 saturated carbocycles. The van der Waals surface area contributed by atoms with Gasteiger partial charge in [-0.15, -0.1) is 0 Å². The van der Waals surface area contributed by atoms with Crippen LogP contribution in [0.25, 0.3) is 0 Å². The van der Waals surface area contributed by atoms with Gasteiger partial charge in [0, 0.05) is 6.20 Å². The normalized spacial score (nSPS) is 20.3. The van der Waals surface area contributed by atoms with Crippen LogP contribution in [-0.4, -0.2) is 22.5 Å². The van der Waals surface area contributed by atoms with Crippen molar-refractivity contribution >= 4 is 5.91 Å². The van der Waals surface area contributed by atoms with Gasteiger partial charge in [-0.05, 0) is 36.5 Å². The summed E-state index contributed by atoms with van der Waals surface area (Å²) in [6.45, 7) is 0.0601. The van der Waals surface area contributed by atoms with Crippen LogP contribution >= 0.6 is 0 Å². The van der Waals surface area contributed by atoms with Crippen molar-refractivity contribution in [2.45, 2.75) is 24.9 Å². The van der Waals surface area contributed by atoms with E-state index in [9.17, 15) is 14.3 Å². The summed E-state index contributed by atoms with van der Waals surface area (Å²) in [7, 11) is 0. The summed E-state index contributed by atoms with van der Waals surface area (Å²) >= 11 is 0. The Bertz CT molecular complexity index is 705. The quantitative estimate of drug-likeness (QED) is 0.913. The summed E-state index contributed by atoms with van der Waals surface area (Å²) in [5.74, 6) is -1.22. The second kappa shape index (κ2) is 5.85. The average Bonchev–Trinajstić information content (AvgIpc) is 2.54. The Labute approximate surface area is 128 Å². The van der Waals surface area contributed by atoms with Gasteiger partial charge in [0.25, 0.3) is 5.91 Å². The van der Waals surface area contributed by atoms with Gasteiger partial charge in [-0.25, -0.2) is 4.39 Å². The minimum Gasteiger partial charge on any atom is -0.383 e. The summed E-state index contributed by atoms with van der Waals surface area (Å²) in [5.41, 5.74) is 0.772. The predicted molar refractivity (Wildman–Crippen MR) is 79.8 cm³/mol. The van der Waals surface area contributed by atoms with Gasteiger partial charge in [0.2, 0.25) is 0 Å². The smallest absolute Gasteiger partial charge is 0.254 e. The van der Waals surface area contributed by atoms with Gasteiger partial charge < -0.3 is 10.4 Å². The molecule has 1 unspecified atom stereocenters. The largest absolute Gasteiger partial charge is 0.383 e. The first kappa shape index (κ1) is 14.7. The van der Waals surface area contributed by atoms with Crippen LogP contribution in [0.4, 0.5) is 4.39 Å². The molecule has 4 nitrogen and oxygen atoms in total. The van der Waals surface area contributed by atoms with E-state index in [4.69, 9.17) is 0 Å². The number of halogens is 1. The maximum atomic E-state index is 13.6. The summed E-state index contributed by atoms with van der Waals surface area (Å²) in [4.78, 5) is 15.7. The molecule has 0 radical (unpaired) electrons. The number of aliphatic hydroxyl groups is 1. The van der Waals surface area contributed by atoms with E-state index in [0.29, 0.717) is 6.42 Å². The molecule has 2 N–H and O–H groups in total. The second-order valence-corrected chi connectivity index (χ2v) is 5.58. The molecule has 1 aromatic carbocycles. The van der Waals surface area contributed by atoms with Crippen LogP contribution in [0.15, 0.2) is 42.7 Å². The topological polar surface area (TPSA) is 62.2 Å². The molecule has 0 spiro atoms. The first-order valence-corrected chi connectivity index (χ1v) is 7.29. The van der Waals surface area contributed by atoms with Gasteiger partial charge in [0.15, 0.2) is 5.82 Å². The van der Waals surface area contributed by atoms with Gasteiger partial charge in [-0.3, -0.25) is 9.78 Å². The zero-order valence-electron chi connectivity index (χ0n) is 12.1. The lowest BCUT2D eigenvalue weighted by molar-refractivity contribution is 0.0189. The van der Waals surface area contributed by atoms with Gasteiger partial charge in [-0.1, -0.05) is 24.3 Å². The minimum absolute atomic E-state index is 0.0601. The Morgan fingerprint density at radius 1 is 1.36 bits per heavy atom. The van der Waals surface area contributed by atoms with Gasteiger partial charge in [0.05, 0.1) is 18.3 Å². The molecular formula is C17H17FN2O2. The van der Waals surface area contributed by atoms with Crippen molar-refractivity contribution in [1.82, 2.24) is 10.3 Å². The van der Waals surface area contributed by atoms with E-state index in [1.54, 1.807) is 0 Å². The third-order valence-electron chi connectivity index (χ3n) is 4.11. The molecule has 1 heterocycles. The summed E-state index contributed by atoms with van der Waals surface area (Å²) < 4.78 is 13.6. The van der Waals surface area contributed by atoms with E-state index in [0.717, 1.165) is 30.2 Å². The number of benzene rings is 1. The number of carbonyl (C=O) groups excluding carboxylic acids is 1. The number of fused-ring (bicyclic) bond motifs is 1. The van der Waals surface area contributed by atoms with Crippen molar-refractivity contribution in [1.29, 1.82) is 0 Å². The third-order valence-corrected chi connectivity index (χ3v) is 4.11. The number of nitrogens with zero attached hydrogens (tertiary/aromatic N) is 1. The lowest BCUT2D eigenvalue weighted by Crippen LogP contribution is -2.43. The molecular weight excluding hydrogens is 283 g/mol. The molecule has 0 saturated heterocycles. The number of aryl methyl sites for hydroxylation is 1.